The minimum absolute atomic E-state index is 0.0285. The number of fused-ring (bicyclic) bond motifs is 2. The molecular weight excluding hydrogens is 1080 g/mol. The van der Waals surface area contributed by atoms with Crippen LogP contribution in [0.4, 0.5) is 5.13 Å². The molecule has 4 aromatic carbocycles. The second kappa shape index (κ2) is 23.1. The largest absolute Gasteiger partial charge is 0.479 e. The number of aliphatic carboxylic acids is 1. The Balaban J connectivity index is 0.733. The Morgan fingerprint density at radius 3 is 2.39 bits per heavy atom. The molecule has 7 atom stereocenters. The number of nitrogens with zero attached hydrogens (tertiary/aromatic N) is 4. The van der Waals surface area contributed by atoms with Gasteiger partial charge >= 0.3 is 17.9 Å². The van der Waals surface area contributed by atoms with Crippen LogP contribution in [0.15, 0.2) is 97.2 Å². The zero-order valence-electron chi connectivity index (χ0n) is 46.5. The normalized spacial score (nSPS) is 26.3. The fourth-order valence-electron chi connectivity index (χ4n) is 14.6. The lowest BCUT2D eigenvalue weighted by Crippen LogP contribution is -2.64. The van der Waals surface area contributed by atoms with Gasteiger partial charge in [-0.1, -0.05) is 67.6 Å². The zero-order chi connectivity index (χ0) is 58.4. The average Bonchev–Trinajstić information content (AvgIpc) is 0.889. The Kier molecular flexibility index (Phi) is 16.0. The monoisotopic (exact) mass is 1150 g/mol. The Morgan fingerprint density at radius 2 is 1.63 bits per heavy atom. The van der Waals surface area contributed by atoms with E-state index in [0.29, 0.717) is 71.3 Å². The zero-order valence-corrected chi connectivity index (χ0v) is 47.3. The van der Waals surface area contributed by atoms with E-state index in [1.807, 2.05) is 66.2 Å². The van der Waals surface area contributed by atoms with Gasteiger partial charge in [-0.15, -0.1) is 0 Å². The predicted molar refractivity (Wildman–Crippen MR) is 309 cm³/mol. The number of unbranched alkanes of at least 4 members (excludes halogenated alkanes) is 1. The third kappa shape index (κ3) is 12.0. The quantitative estimate of drug-likeness (QED) is 0.0239. The topological polar surface area (TPSA) is 300 Å². The summed E-state index contributed by atoms with van der Waals surface area (Å²) >= 11 is 1.41. The molecule has 0 radical (unpaired) electrons. The fourth-order valence-corrected chi connectivity index (χ4v) is 15.4. The lowest BCUT2D eigenvalue weighted by molar-refractivity contribution is -0.271. The van der Waals surface area contributed by atoms with Crippen molar-refractivity contribution in [3.8, 4) is 28.3 Å². The van der Waals surface area contributed by atoms with Gasteiger partial charge in [-0.25, -0.2) is 19.6 Å². The summed E-state index contributed by atoms with van der Waals surface area (Å²) < 4.78 is 26.7. The van der Waals surface area contributed by atoms with E-state index in [2.05, 4.69) is 29.5 Å². The number of pyridine rings is 1. The summed E-state index contributed by atoms with van der Waals surface area (Å²) in [5, 5.41) is 64.0. The van der Waals surface area contributed by atoms with Crippen LogP contribution in [0.3, 0.4) is 0 Å². The molecule has 20 nitrogen and oxygen atoms in total. The molecule has 83 heavy (non-hydrogen) atoms. The Labute approximate surface area is 483 Å². The van der Waals surface area contributed by atoms with Crippen LogP contribution in [0.25, 0.3) is 43.5 Å². The maximum Gasteiger partial charge on any atom is 0.337 e. The number of hydrogen-bond acceptors (Lipinski definition) is 17. The van der Waals surface area contributed by atoms with Crippen molar-refractivity contribution in [3.63, 3.8) is 0 Å². The molecule has 5 fully saturated rings. The molecule has 0 spiro atoms. The molecular formula is C62H69N7O13S. The number of hydrogen-bond donors (Lipinski definition) is 8. The molecule has 5 aliphatic rings. The summed E-state index contributed by atoms with van der Waals surface area (Å²) in [5.41, 5.74) is 11.1. The highest BCUT2D eigenvalue weighted by Gasteiger charge is 2.66. The molecule has 4 heterocycles. The van der Waals surface area contributed by atoms with Gasteiger partial charge in [0.05, 0.1) is 52.1 Å². The van der Waals surface area contributed by atoms with Crippen LogP contribution < -0.4 is 21.1 Å². The summed E-state index contributed by atoms with van der Waals surface area (Å²) in [7, 11) is 0. The number of aromatic carboxylic acids is 1. The van der Waals surface area contributed by atoms with Crippen molar-refractivity contribution in [2.24, 2.45) is 22.0 Å². The number of nitrogens with one attached hydrogen (secondary N) is 2. The van der Waals surface area contributed by atoms with E-state index >= 15 is 0 Å². The first-order valence-electron chi connectivity index (χ1n) is 28.1. The number of carbonyl (C=O) groups is 4. The van der Waals surface area contributed by atoms with Gasteiger partial charge in [0, 0.05) is 35.5 Å². The first-order valence-corrected chi connectivity index (χ1v) is 28.9. The molecule has 1 aliphatic heterocycles. The molecule has 436 valence electrons. The highest BCUT2D eigenvalue weighted by atomic mass is 32.1. The molecule has 7 aromatic rings. The lowest BCUT2D eigenvalue weighted by atomic mass is 9.39. The Bertz CT molecular complexity index is 3570. The molecule has 1 saturated heterocycles. The molecule has 4 saturated carbocycles. The van der Waals surface area contributed by atoms with E-state index in [1.54, 1.807) is 42.6 Å². The van der Waals surface area contributed by atoms with Crippen molar-refractivity contribution in [1.29, 1.82) is 0 Å². The van der Waals surface area contributed by atoms with Gasteiger partial charge in [0.15, 0.2) is 11.2 Å². The maximum absolute atomic E-state index is 13.8. The van der Waals surface area contributed by atoms with Gasteiger partial charge in [0.25, 0.3) is 5.91 Å². The molecule has 4 bridgehead atoms. The Hall–Kier alpha value is -7.21. The lowest BCUT2D eigenvalue weighted by Gasteiger charge is -2.69. The third-order valence-corrected chi connectivity index (χ3v) is 18.0. The molecule has 1 amide bonds. The number of esters is 1. The standard InChI is InChI=1S/C62H69N7O13S/c1-35-44(49-42(55(75)76)18-19-45(66-49)38-15-14-36-10-8-11-41(43(36)24-38)54(74)68-58-67-46-12-4-5-13-47(46)83-58)25-65-69(35)34-61-29-59(2)28-60(3,30-61)32-62(31-59,33-61)80-22-21-64-26-48(70)79-27-39-16-17-40(23-37(39)9-6-7-20-63)81-57-52(73)50(71)51(72)53(82-57)56(77)78/h4-5,8,10-19,23-25,50-53,57,64,71-73H,6-7,9,20-22,26-34,63H2,1-3H3,(H,75,76)(H,77,78)(H,67,68,74)/t50-,51-,52+,53-,57+,59?,60?,61?,62?/m0/s1. The minimum Gasteiger partial charge on any atom is -0.479 e. The third-order valence-electron chi connectivity index (χ3n) is 17.0. The van der Waals surface area contributed by atoms with Crippen LogP contribution in [0.1, 0.15) is 103 Å². The average molecular weight is 1150 g/mol. The van der Waals surface area contributed by atoms with Crippen LogP contribution in [0, 0.1) is 23.2 Å². The predicted octanol–water partition coefficient (Wildman–Crippen LogP) is 7.66. The van der Waals surface area contributed by atoms with E-state index in [-0.39, 0.29) is 52.2 Å². The number of aryl methyl sites for hydroxylation is 1. The first-order chi connectivity index (χ1) is 39.7. The number of carboxylic acids is 2. The van der Waals surface area contributed by atoms with Gasteiger partial charge in [-0.3, -0.25) is 19.6 Å². The van der Waals surface area contributed by atoms with Gasteiger partial charge in [-0.2, -0.15) is 5.10 Å². The van der Waals surface area contributed by atoms with Gasteiger partial charge in [-0.05, 0) is 158 Å². The minimum atomic E-state index is -1.85. The van der Waals surface area contributed by atoms with Crippen LogP contribution in [-0.4, -0.2) is 132 Å². The fraction of sp³-hybridized carbons (Fsp3) is 0.435. The number of carbonyl (C=O) groups excluding carboxylic acids is 2. The molecule has 3 aromatic heterocycles. The van der Waals surface area contributed by atoms with Crippen LogP contribution in [0.2, 0.25) is 0 Å². The van der Waals surface area contributed by atoms with Crippen LogP contribution in [-0.2, 0) is 43.4 Å². The van der Waals surface area contributed by atoms with Gasteiger partial charge in [0.2, 0.25) is 6.29 Å². The number of ether oxygens (including phenoxy) is 4. The van der Waals surface area contributed by atoms with E-state index in [0.717, 1.165) is 83.8 Å². The number of para-hydroxylation sites is 1. The Morgan fingerprint density at radius 1 is 0.831 bits per heavy atom. The van der Waals surface area contributed by atoms with Crippen molar-refractivity contribution >= 4 is 61.3 Å². The van der Waals surface area contributed by atoms with Crippen molar-refractivity contribution in [2.75, 3.05) is 31.6 Å². The highest BCUT2D eigenvalue weighted by molar-refractivity contribution is 7.22. The summed E-state index contributed by atoms with van der Waals surface area (Å²) in [6.45, 7) is 8.53. The van der Waals surface area contributed by atoms with E-state index in [1.165, 1.54) is 11.3 Å². The van der Waals surface area contributed by atoms with Gasteiger partial charge < -0.3 is 55.5 Å². The molecule has 9 N–H and O–H groups in total. The number of aliphatic hydroxyl groups is 3. The summed E-state index contributed by atoms with van der Waals surface area (Å²) in [6, 6.07) is 27.3. The number of benzene rings is 4. The summed E-state index contributed by atoms with van der Waals surface area (Å²) in [4.78, 5) is 61.0. The van der Waals surface area contributed by atoms with Crippen molar-refractivity contribution in [1.82, 2.24) is 25.1 Å². The maximum atomic E-state index is 13.8. The molecule has 4 aliphatic carbocycles. The van der Waals surface area contributed by atoms with E-state index in [9.17, 15) is 44.7 Å². The number of anilines is 1. The second-order valence-electron chi connectivity index (χ2n) is 24.0. The number of aromatic nitrogens is 4. The number of nitrogens with two attached hydrogens (primary N) is 1. The van der Waals surface area contributed by atoms with Crippen molar-refractivity contribution in [3.05, 3.63) is 125 Å². The van der Waals surface area contributed by atoms with Crippen molar-refractivity contribution < 1.29 is 63.7 Å². The number of amides is 1. The number of aliphatic hydroxyl groups excluding tert-OH is 3. The van der Waals surface area contributed by atoms with Gasteiger partial charge in [0.1, 0.15) is 30.7 Å². The SMILES string of the molecule is Cc1c(-c2nc(-c3ccc4cccc(C(=O)Nc5nc6ccccc6s5)c4c3)ccc2C(=O)O)cnn1CC12CC3(C)CC(C)(C1)CC(OCCNCC(=O)OCc1ccc(O[C@@H]4O[C@H](C(=O)O)[C@@H](O)[C@H](O)[C@H]4O)cc1CCCCN)(C3)C2. The van der Waals surface area contributed by atoms with E-state index < -0.39 is 48.6 Å². The number of rotatable bonds is 22. The summed E-state index contributed by atoms with van der Waals surface area (Å²) in [6.07, 6.45) is 0.726. The number of carboxylic acid groups (broad SMARTS) is 2. The summed E-state index contributed by atoms with van der Waals surface area (Å²) in [5.74, 6) is -3.17. The smallest absolute Gasteiger partial charge is 0.337 e. The van der Waals surface area contributed by atoms with Crippen LogP contribution >= 0.6 is 11.3 Å². The van der Waals surface area contributed by atoms with Crippen LogP contribution in [0.5, 0.6) is 5.75 Å². The first kappa shape index (κ1) is 57.6. The second-order valence-corrected chi connectivity index (χ2v) is 25.0. The highest BCUT2D eigenvalue weighted by Crippen LogP contribution is 2.72. The molecule has 2 unspecified atom stereocenters. The number of thiazole rings is 1. The van der Waals surface area contributed by atoms with E-state index in [4.69, 9.17) is 34.8 Å². The molecule has 21 heteroatoms. The van der Waals surface area contributed by atoms with Crippen molar-refractivity contribution in [2.45, 2.75) is 128 Å². The molecule has 12 rings (SSSR count).